The predicted molar refractivity (Wildman–Crippen MR) is 76.6 cm³/mol. The number of ether oxygens (including phenoxy) is 1. The van der Waals surface area contributed by atoms with Crippen molar-refractivity contribution in [1.29, 1.82) is 0 Å². The molecule has 1 atom stereocenters. The average Bonchev–Trinajstić information content (AvgIpc) is 2.49. The number of hydrogen-bond donors (Lipinski definition) is 2. The zero-order chi connectivity index (χ0) is 15.5. The van der Waals surface area contributed by atoms with Crippen LogP contribution in [0.4, 0.5) is 4.39 Å². The first-order chi connectivity index (χ1) is 9.93. The molecule has 21 heavy (non-hydrogen) atoms. The van der Waals surface area contributed by atoms with Crippen LogP contribution in [0.2, 0.25) is 0 Å². The van der Waals surface area contributed by atoms with Gasteiger partial charge in [-0.1, -0.05) is 36.4 Å². The maximum atomic E-state index is 13.5. The summed E-state index contributed by atoms with van der Waals surface area (Å²) in [6, 6.07) is 12.7. The van der Waals surface area contributed by atoms with Crippen LogP contribution in [0.5, 0.6) is 5.75 Å². The molecule has 0 saturated heterocycles. The maximum absolute atomic E-state index is 13.5. The summed E-state index contributed by atoms with van der Waals surface area (Å²) in [6.45, 7) is 1.34. The van der Waals surface area contributed by atoms with Crippen LogP contribution in [0, 0.1) is 12.7 Å². The Balaban J connectivity index is 2.21. The standard InChI is InChI=1S/C16H16FNO3/c1-11-7-8-13(9-14(11)17)21-10-16(18,15(19)20)12-5-3-2-4-6-12/h2-9H,10,18H2,1H3,(H,19,20). The van der Waals surface area contributed by atoms with Crippen molar-refractivity contribution in [2.75, 3.05) is 6.61 Å². The highest BCUT2D eigenvalue weighted by atomic mass is 19.1. The number of halogens is 1. The molecule has 0 radical (unpaired) electrons. The molecule has 0 fully saturated rings. The summed E-state index contributed by atoms with van der Waals surface area (Å²) in [5, 5.41) is 9.38. The number of carboxylic acid groups (broad SMARTS) is 1. The molecule has 0 spiro atoms. The van der Waals surface area contributed by atoms with Gasteiger partial charge in [-0.25, -0.2) is 9.18 Å². The molecule has 110 valence electrons. The summed E-state index contributed by atoms with van der Waals surface area (Å²) in [6.07, 6.45) is 0. The molecule has 0 bridgehead atoms. The summed E-state index contributed by atoms with van der Waals surface area (Å²) in [5.41, 5.74) is 5.18. The van der Waals surface area contributed by atoms with Gasteiger partial charge >= 0.3 is 5.97 Å². The second kappa shape index (κ2) is 5.93. The van der Waals surface area contributed by atoms with Crippen molar-refractivity contribution in [3.05, 3.63) is 65.5 Å². The monoisotopic (exact) mass is 289 g/mol. The van der Waals surface area contributed by atoms with Gasteiger partial charge in [0.15, 0.2) is 5.54 Å². The Morgan fingerprint density at radius 3 is 2.52 bits per heavy atom. The Morgan fingerprint density at radius 2 is 1.95 bits per heavy atom. The Morgan fingerprint density at radius 1 is 1.29 bits per heavy atom. The van der Waals surface area contributed by atoms with Gasteiger partial charge in [-0.15, -0.1) is 0 Å². The van der Waals surface area contributed by atoms with Crippen LogP contribution < -0.4 is 10.5 Å². The van der Waals surface area contributed by atoms with Crippen molar-refractivity contribution >= 4 is 5.97 Å². The third-order valence-corrected chi connectivity index (χ3v) is 3.28. The fourth-order valence-electron chi connectivity index (χ4n) is 1.86. The number of aryl methyl sites for hydroxylation is 1. The van der Waals surface area contributed by atoms with E-state index in [0.29, 0.717) is 11.1 Å². The van der Waals surface area contributed by atoms with Crippen LogP contribution in [0.3, 0.4) is 0 Å². The second-order valence-electron chi connectivity index (χ2n) is 4.84. The van der Waals surface area contributed by atoms with Crippen LogP contribution >= 0.6 is 0 Å². The van der Waals surface area contributed by atoms with E-state index in [1.807, 2.05) is 0 Å². The van der Waals surface area contributed by atoms with Crippen molar-refractivity contribution in [2.24, 2.45) is 5.73 Å². The van der Waals surface area contributed by atoms with Crippen LogP contribution in [-0.2, 0) is 10.3 Å². The molecule has 2 aromatic carbocycles. The quantitative estimate of drug-likeness (QED) is 0.886. The highest BCUT2D eigenvalue weighted by molar-refractivity contribution is 5.80. The van der Waals surface area contributed by atoms with Crippen molar-refractivity contribution in [3.8, 4) is 5.75 Å². The van der Waals surface area contributed by atoms with Crippen molar-refractivity contribution in [3.63, 3.8) is 0 Å². The van der Waals surface area contributed by atoms with Gasteiger partial charge in [0, 0.05) is 6.07 Å². The van der Waals surface area contributed by atoms with Gasteiger partial charge in [0.1, 0.15) is 18.2 Å². The third kappa shape index (κ3) is 3.20. The summed E-state index contributed by atoms with van der Waals surface area (Å²) < 4.78 is 18.8. The van der Waals surface area contributed by atoms with Crippen LogP contribution in [0.25, 0.3) is 0 Å². The van der Waals surface area contributed by atoms with E-state index in [-0.39, 0.29) is 12.4 Å². The van der Waals surface area contributed by atoms with E-state index in [2.05, 4.69) is 0 Å². The van der Waals surface area contributed by atoms with Crippen LogP contribution in [0.1, 0.15) is 11.1 Å². The molecule has 4 nitrogen and oxygen atoms in total. The number of carboxylic acids is 1. The Kier molecular flexibility index (Phi) is 4.23. The van der Waals surface area contributed by atoms with Crippen molar-refractivity contribution in [2.45, 2.75) is 12.5 Å². The van der Waals surface area contributed by atoms with Gasteiger partial charge in [-0.3, -0.25) is 0 Å². The molecular weight excluding hydrogens is 273 g/mol. The summed E-state index contributed by atoms with van der Waals surface area (Å²) in [7, 11) is 0. The van der Waals surface area contributed by atoms with Crippen LogP contribution in [-0.4, -0.2) is 17.7 Å². The number of nitrogens with two attached hydrogens (primary N) is 1. The van der Waals surface area contributed by atoms with E-state index in [1.54, 1.807) is 49.4 Å². The first-order valence-corrected chi connectivity index (χ1v) is 6.40. The van der Waals surface area contributed by atoms with Gasteiger partial charge in [0.05, 0.1) is 0 Å². The fourth-order valence-corrected chi connectivity index (χ4v) is 1.86. The maximum Gasteiger partial charge on any atom is 0.331 e. The van der Waals surface area contributed by atoms with Gasteiger partial charge < -0.3 is 15.6 Å². The predicted octanol–water partition coefficient (Wildman–Crippen LogP) is 2.45. The lowest BCUT2D eigenvalue weighted by Gasteiger charge is -2.25. The summed E-state index contributed by atoms with van der Waals surface area (Å²) in [5.74, 6) is -1.38. The zero-order valence-corrected chi connectivity index (χ0v) is 11.5. The van der Waals surface area contributed by atoms with Gasteiger partial charge in [-0.05, 0) is 24.1 Å². The second-order valence-corrected chi connectivity index (χ2v) is 4.84. The normalized spacial score (nSPS) is 13.5. The Labute approximate surface area is 122 Å². The first kappa shape index (κ1) is 15.0. The molecule has 0 aromatic heterocycles. The molecule has 3 N–H and O–H groups in total. The molecule has 5 heteroatoms. The van der Waals surface area contributed by atoms with Gasteiger partial charge in [0.25, 0.3) is 0 Å². The highest BCUT2D eigenvalue weighted by Crippen LogP contribution is 2.22. The number of rotatable bonds is 5. The van der Waals surface area contributed by atoms with Crippen molar-refractivity contribution < 1.29 is 19.0 Å². The van der Waals surface area contributed by atoms with Crippen LogP contribution in [0.15, 0.2) is 48.5 Å². The molecular formula is C16H16FNO3. The van der Waals surface area contributed by atoms with E-state index >= 15 is 0 Å². The number of hydrogen-bond acceptors (Lipinski definition) is 3. The Bertz CT molecular complexity index is 645. The number of aliphatic carboxylic acids is 1. The molecule has 0 heterocycles. The topological polar surface area (TPSA) is 72.5 Å². The molecule has 0 saturated carbocycles. The van der Waals surface area contributed by atoms with E-state index in [0.717, 1.165) is 0 Å². The van der Waals surface area contributed by atoms with E-state index < -0.39 is 17.3 Å². The zero-order valence-electron chi connectivity index (χ0n) is 11.5. The summed E-state index contributed by atoms with van der Waals surface area (Å²) in [4.78, 5) is 11.5. The fraction of sp³-hybridized carbons (Fsp3) is 0.188. The highest BCUT2D eigenvalue weighted by Gasteiger charge is 2.37. The van der Waals surface area contributed by atoms with Gasteiger partial charge in [0.2, 0.25) is 0 Å². The number of carbonyl (C=O) groups is 1. The minimum atomic E-state index is -1.69. The summed E-state index contributed by atoms with van der Waals surface area (Å²) >= 11 is 0. The van der Waals surface area contributed by atoms with Crippen molar-refractivity contribution in [1.82, 2.24) is 0 Å². The molecule has 1 unspecified atom stereocenters. The van der Waals surface area contributed by atoms with E-state index in [1.165, 1.54) is 6.07 Å². The molecule has 0 aliphatic carbocycles. The largest absolute Gasteiger partial charge is 0.491 e. The molecule has 0 aliphatic heterocycles. The molecule has 2 rings (SSSR count). The van der Waals surface area contributed by atoms with E-state index in [4.69, 9.17) is 10.5 Å². The molecule has 0 aliphatic rings. The SMILES string of the molecule is Cc1ccc(OCC(N)(C(=O)O)c2ccccc2)cc1F. The minimum absolute atomic E-state index is 0.241. The Hall–Kier alpha value is -2.40. The third-order valence-electron chi connectivity index (χ3n) is 3.28. The minimum Gasteiger partial charge on any atom is -0.491 e. The first-order valence-electron chi connectivity index (χ1n) is 6.40. The lowest BCUT2D eigenvalue weighted by atomic mass is 9.92. The average molecular weight is 289 g/mol. The van der Waals surface area contributed by atoms with E-state index in [9.17, 15) is 14.3 Å². The number of benzene rings is 2. The van der Waals surface area contributed by atoms with Gasteiger partial charge in [-0.2, -0.15) is 0 Å². The smallest absolute Gasteiger partial charge is 0.331 e. The lowest BCUT2D eigenvalue weighted by Crippen LogP contribution is -2.49. The molecule has 0 amide bonds. The lowest BCUT2D eigenvalue weighted by molar-refractivity contribution is -0.145. The molecule has 2 aromatic rings.